The summed E-state index contributed by atoms with van der Waals surface area (Å²) in [6.07, 6.45) is 3.32. The topological polar surface area (TPSA) is 75.4 Å². The quantitative estimate of drug-likeness (QED) is 0.704. The molecule has 2 aromatic heterocycles. The Hall–Kier alpha value is -3.15. The minimum atomic E-state index is -0.0604. The third-order valence-corrected chi connectivity index (χ3v) is 6.05. The molecule has 3 heterocycles. The standard InChI is InChI=1S/C24H27N3O3/c1-16-20-7-3-4-8-22(20)26-17(2)21(16)14-23(28)27-11-9-18(10-12-27)24(29)25-15-19-6-5-13-30-19/h3-8,13,18H,9-12,14-15H2,1-2H3,(H,25,29). The molecule has 0 bridgehead atoms. The summed E-state index contributed by atoms with van der Waals surface area (Å²) in [6.45, 7) is 5.65. The summed E-state index contributed by atoms with van der Waals surface area (Å²) >= 11 is 0. The number of nitrogens with zero attached hydrogens (tertiary/aromatic N) is 2. The molecule has 1 saturated heterocycles. The van der Waals surface area contributed by atoms with Crippen LogP contribution in [-0.4, -0.2) is 34.8 Å². The number of carbonyl (C=O) groups is 2. The van der Waals surface area contributed by atoms with E-state index in [0.29, 0.717) is 38.9 Å². The van der Waals surface area contributed by atoms with Crippen molar-refractivity contribution in [3.05, 3.63) is 65.2 Å². The van der Waals surface area contributed by atoms with E-state index < -0.39 is 0 Å². The molecule has 0 saturated carbocycles. The number of carbonyl (C=O) groups excluding carboxylic acids is 2. The average Bonchev–Trinajstić information content (AvgIpc) is 3.28. The van der Waals surface area contributed by atoms with E-state index in [4.69, 9.17) is 4.42 Å². The number of piperidine rings is 1. The Bertz CT molecular complexity index is 1050. The van der Waals surface area contributed by atoms with Crippen molar-refractivity contribution in [3.8, 4) is 0 Å². The van der Waals surface area contributed by atoms with E-state index >= 15 is 0 Å². The highest BCUT2D eigenvalue weighted by Crippen LogP contribution is 2.24. The van der Waals surface area contributed by atoms with Crippen LogP contribution in [0.15, 0.2) is 47.1 Å². The first-order valence-electron chi connectivity index (χ1n) is 10.5. The van der Waals surface area contributed by atoms with Crippen LogP contribution in [-0.2, 0) is 22.6 Å². The molecule has 0 atom stereocenters. The number of furan rings is 1. The van der Waals surface area contributed by atoms with Gasteiger partial charge in [0.2, 0.25) is 11.8 Å². The van der Waals surface area contributed by atoms with Crippen molar-refractivity contribution in [1.29, 1.82) is 0 Å². The lowest BCUT2D eigenvalue weighted by Crippen LogP contribution is -2.43. The van der Waals surface area contributed by atoms with Crippen LogP contribution in [0.4, 0.5) is 0 Å². The summed E-state index contributed by atoms with van der Waals surface area (Å²) in [5.74, 6) is 0.817. The van der Waals surface area contributed by atoms with Crippen LogP contribution in [0.5, 0.6) is 0 Å². The molecule has 3 aromatic rings. The number of hydrogen-bond acceptors (Lipinski definition) is 4. The number of fused-ring (bicyclic) bond motifs is 1. The van der Waals surface area contributed by atoms with Gasteiger partial charge in [-0.25, -0.2) is 0 Å². The molecule has 4 rings (SSSR count). The second-order valence-corrected chi connectivity index (χ2v) is 7.95. The lowest BCUT2D eigenvalue weighted by Gasteiger charge is -2.31. The Morgan fingerprint density at radius 1 is 1.13 bits per heavy atom. The smallest absolute Gasteiger partial charge is 0.227 e. The Labute approximate surface area is 176 Å². The minimum Gasteiger partial charge on any atom is -0.467 e. The maximum absolute atomic E-state index is 13.0. The summed E-state index contributed by atoms with van der Waals surface area (Å²) in [6, 6.07) is 11.7. The number of rotatable bonds is 5. The molecule has 156 valence electrons. The van der Waals surface area contributed by atoms with Crippen molar-refractivity contribution in [2.75, 3.05) is 13.1 Å². The van der Waals surface area contributed by atoms with Gasteiger partial charge in [0.05, 0.1) is 24.7 Å². The molecule has 1 N–H and O–H groups in total. The first-order chi connectivity index (χ1) is 14.5. The van der Waals surface area contributed by atoms with Crippen LogP contribution < -0.4 is 5.32 Å². The summed E-state index contributed by atoms with van der Waals surface area (Å²) in [5, 5.41) is 4.02. The van der Waals surface area contributed by atoms with E-state index in [1.165, 1.54) is 0 Å². The fraction of sp³-hybridized carbons (Fsp3) is 0.375. The number of aryl methyl sites for hydroxylation is 2. The predicted molar refractivity (Wildman–Crippen MR) is 115 cm³/mol. The summed E-state index contributed by atoms with van der Waals surface area (Å²) in [4.78, 5) is 31.9. The molecule has 1 fully saturated rings. The van der Waals surface area contributed by atoms with E-state index in [1.54, 1.807) is 12.3 Å². The molecule has 6 heteroatoms. The number of nitrogens with one attached hydrogen (secondary N) is 1. The van der Waals surface area contributed by atoms with Gasteiger partial charge < -0.3 is 14.6 Å². The van der Waals surface area contributed by atoms with Gasteiger partial charge >= 0.3 is 0 Å². The summed E-state index contributed by atoms with van der Waals surface area (Å²) < 4.78 is 5.25. The van der Waals surface area contributed by atoms with Crippen LogP contribution in [0, 0.1) is 19.8 Å². The molecule has 0 spiro atoms. The number of likely N-dealkylation sites (tertiary alicyclic amines) is 1. The zero-order valence-corrected chi connectivity index (χ0v) is 17.5. The van der Waals surface area contributed by atoms with Crippen LogP contribution >= 0.6 is 0 Å². The molecule has 2 amide bonds. The maximum atomic E-state index is 13.0. The van der Waals surface area contributed by atoms with Crippen molar-refractivity contribution in [2.24, 2.45) is 5.92 Å². The lowest BCUT2D eigenvalue weighted by molar-refractivity contribution is -0.135. The van der Waals surface area contributed by atoms with Crippen LogP contribution in [0.1, 0.15) is 35.4 Å². The van der Waals surface area contributed by atoms with Crippen LogP contribution in [0.25, 0.3) is 10.9 Å². The van der Waals surface area contributed by atoms with Gasteiger partial charge in [0.25, 0.3) is 0 Å². The van der Waals surface area contributed by atoms with Gasteiger partial charge in [-0.2, -0.15) is 0 Å². The Morgan fingerprint density at radius 3 is 2.63 bits per heavy atom. The van der Waals surface area contributed by atoms with Gasteiger partial charge in [-0.3, -0.25) is 14.6 Å². The van der Waals surface area contributed by atoms with E-state index in [-0.39, 0.29) is 17.7 Å². The zero-order valence-electron chi connectivity index (χ0n) is 17.5. The molecule has 6 nitrogen and oxygen atoms in total. The minimum absolute atomic E-state index is 0.0314. The molecule has 0 radical (unpaired) electrons. The Morgan fingerprint density at radius 2 is 1.90 bits per heavy atom. The summed E-state index contributed by atoms with van der Waals surface area (Å²) in [7, 11) is 0. The highest BCUT2D eigenvalue weighted by Gasteiger charge is 2.28. The van der Waals surface area contributed by atoms with E-state index in [1.807, 2.05) is 36.1 Å². The number of benzene rings is 1. The van der Waals surface area contributed by atoms with Crippen molar-refractivity contribution in [2.45, 2.75) is 39.7 Å². The van der Waals surface area contributed by atoms with E-state index in [9.17, 15) is 9.59 Å². The van der Waals surface area contributed by atoms with Crippen LogP contribution in [0.2, 0.25) is 0 Å². The SMILES string of the molecule is Cc1nc2ccccc2c(C)c1CC(=O)N1CCC(C(=O)NCc2ccco2)CC1. The van der Waals surface area contributed by atoms with E-state index in [2.05, 4.69) is 23.3 Å². The van der Waals surface area contributed by atoms with Gasteiger partial charge in [0, 0.05) is 30.1 Å². The van der Waals surface area contributed by atoms with Gasteiger partial charge in [-0.15, -0.1) is 0 Å². The van der Waals surface area contributed by atoms with Crippen LogP contribution in [0.3, 0.4) is 0 Å². The number of aromatic nitrogens is 1. The zero-order chi connectivity index (χ0) is 21.1. The molecular formula is C24H27N3O3. The van der Waals surface area contributed by atoms with Crippen molar-refractivity contribution in [3.63, 3.8) is 0 Å². The molecule has 0 aliphatic carbocycles. The van der Waals surface area contributed by atoms with Gasteiger partial charge in [-0.1, -0.05) is 18.2 Å². The maximum Gasteiger partial charge on any atom is 0.227 e. The molecular weight excluding hydrogens is 378 g/mol. The van der Waals surface area contributed by atoms with Gasteiger partial charge in [0.15, 0.2) is 0 Å². The van der Waals surface area contributed by atoms with Crippen molar-refractivity contribution >= 4 is 22.7 Å². The van der Waals surface area contributed by atoms with E-state index in [0.717, 1.165) is 33.5 Å². The number of para-hydroxylation sites is 1. The average molecular weight is 405 g/mol. The highest BCUT2D eigenvalue weighted by molar-refractivity contribution is 5.86. The van der Waals surface area contributed by atoms with Gasteiger partial charge in [-0.05, 0) is 56.0 Å². The molecule has 1 aliphatic rings. The molecule has 0 unspecified atom stereocenters. The number of amides is 2. The molecule has 30 heavy (non-hydrogen) atoms. The fourth-order valence-electron chi connectivity index (χ4n) is 4.22. The highest BCUT2D eigenvalue weighted by atomic mass is 16.3. The number of hydrogen-bond donors (Lipinski definition) is 1. The monoisotopic (exact) mass is 405 g/mol. The van der Waals surface area contributed by atoms with Gasteiger partial charge in [0.1, 0.15) is 5.76 Å². The Kier molecular flexibility index (Phi) is 5.84. The third-order valence-electron chi connectivity index (χ3n) is 6.05. The lowest BCUT2D eigenvalue weighted by atomic mass is 9.94. The normalized spacial score (nSPS) is 14.8. The first kappa shape index (κ1) is 20.1. The fourth-order valence-corrected chi connectivity index (χ4v) is 4.22. The molecule has 1 aromatic carbocycles. The predicted octanol–water partition coefficient (Wildman–Crippen LogP) is 3.54. The largest absolute Gasteiger partial charge is 0.467 e. The Balaban J connectivity index is 1.34. The third kappa shape index (κ3) is 4.22. The number of pyridine rings is 1. The van der Waals surface area contributed by atoms with Crippen molar-refractivity contribution in [1.82, 2.24) is 15.2 Å². The summed E-state index contributed by atoms with van der Waals surface area (Å²) in [5.41, 5.74) is 4.01. The first-order valence-corrected chi connectivity index (χ1v) is 10.5. The molecule has 1 aliphatic heterocycles. The van der Waals surface area contributed by atoms with Crippen molar-refractivity contribution < 1.29 is 14.0 Å². The second kappa shape index (κ2) is 8.69. The second-order valence-electron chi connectivity index (χ2n) is 7.95.